The Morgan fingerprint density at radius 2 is 2.15 bits per heavy atom. The van der Waals surface area contributed by atoms with Crippen molar-refractivity contribution in [1.82, 2.24) is 0 Å². The minimum atomic E-state index is -0.986. The number of nitrogens with zero attached hydrogens (tertiary/aromatic N) is 1. The summed E-state index contributed by atoms with van der Waals surface area (Å²) in [5, 5.41) is 22.6. The molecule has 1 spiro atoms. The van der Waals surface area contributed by atoms with E-state index in [0.717, 1.165) is 35.1 Å². The number of aliphatic hydroxyl groups is 1. The fourth-order valence-electron chi connectivity index (χ4n) is 6.44. The number of benzene rings is 1. The van der Waals surface area contributed by atoms with Crippen LogP contribution in [-0.2, 0) is 16.6 Å². The van der Waals surface area contributed by atoms with E-state index < -0.39 is 17.1 Å². The summed E-state index contributed by atoms with van der Waals surface area (Å²) in [5.41, 5.74) is 1.62. The van der Waals surface area contributed by atoms with E-state index in [0.29, 0.717) is 25.0 Å². The molecule has 1 unspecified atom stereocenters. The van der Waals surface area contributed by atoms with Crippen molar-refractivity contribution in [3.63, 3.8) is 0 Å². The Balaban J connectivity index is 1.74. The number of rotatable bonds is 2. The standard InChI is InChI=1S/C22H27NO4/c1-13(2)7-10-23(3)11-9-21-18-14-4-5-15(24)19(18)27-20(21)16(25)6-8-22(21,26)17(23)12-14/h4-5,7,17,20,26H,6,8-12H2,1-3H3/p+1/t17-,20+,21+,22-,23?/m1/s1. The molecule has 1 aromatic rings. The van der Waals surface area contributed by atoms with E-state index in [9.17, 15) is 15.0 Å². The third-order valence-corrected chi connectivity index (χ3v) is 7.82. The second-order valence-corrected chi connectivity index (χ2v) is 9.44. The van der Waals surface area contributed by atoms with Crippen LogP contribution >= 0.6 is 0 Å². The van der Waals surface area contributed by atoms with E-state index in [-0.39, 0.29) is 17.6 Å². The molecule has 2 heterocycles. The lowest BCUT2D eigenvalue weighted by molar-refractivity contribution is -0.944. The molecule has 144 valence electrons. The highest BCUT2D eigenvalue weighted by Gasteiger charge is 2.76. The molecule has 0 radical (unpaired) electrons. The van der Waals surface area contributed by atoms with Gasteiger partial charge in [-0.1, -0.05) is 11.6 Å². The minimum Gasteiger partial charge on any atom is -0.504 e. The first kappa shape index (κ1) is 17.3. The highest BCUT2D eigenvalue weighted by molar-refractivity contribution is 5.90. The van der Waals surface area contributed by atoms with E-state index in [1.54, 1.807) is 6.07 Å². The number of phenolic OH excluding ortho intramolecular Hbond substituents is 1. The van der Waals surface area contributed by atoms with E-state index in [1.165, 1.54) is 5.57 Å². The van der Waals surface area contributed by atoms with Crippen LogP contribution in [-0.4, -0.2) is 58.4 Å². The second-order valence-electron chi connectivity index (χ2n) is 9.44. The molecule has 1 saturated heterocycles. The van der Waals surface area contributed by atoms with Crippen molar-refractivity contribution in [2.24, 2.45) is 0 Å². The molecule has 4 aliphatic rings. The van der Waals surface area contributed by atoms with Crippen molar-refractivity contribution in [3.05, 3.63) is 34.9 Å². The van der Waals surface area contributed by atoms with Crippen molar-refractivity contribution in [1.29, 1.82) is 0 Å². The van der Waals surface area contributed by atoms with Gasteiger partial charge in [0, 0.05) is 24.8 Å². The fraction of sp³-hybridized carbons (Fsp3) is 0.591. The third-order valence-electron chi connectivity index (χ3n) is 7.82. The molecule has 5 nitrogen and oxygen atoms in total. The van der Waals surface area contributed by atoms with Gasteiger partial charge >= 0.3 is 0 Å². The maximum atomic E-state index is 12.8. The van der Waals surface area contributed by atoms with Crippen LogP contribution in [0.5, 0.6) is 11.5 Å². The van der Waals surface area contributed by atoms with Crippen molar-refractivity contribution in [2.75, 3.05) is 20.1 Å². The lowest BCUT2D eigenvalue weighted by Crippen LogP contribution is -2.80. The van der Waals surface area contributed by atoms with Gasteiger partial charge in [0.25, 0.3) is 0 Å². The lowest BCUT2D eigenvalue weighted by Gasteiger charge is -2.64. The average molecular weight is 370 g/mol. The van der Waals surface area contributed by atoms with E-state index in [1.807, 2.05) is 6.07 Å². The molecule has 1 aromatic carbocycles. The van der Waals surface area contributed by atoms with Gasteiger partial charge in [-0.05, 0) is 38.0 Å². The predicted molar refractivity (Wildman–Crippen MR) is 101 cm³/mol. The number of likely N-dealkylation sites (N-methyl/N-ethyl adjacent to an activating group) is 1. The Morgan fingerprint density at radius 3 is 2.89 bits per heavy atom. The van der Waals surface area contributed by atoms with Crippen LogP contribution in [0.3, 0.4) is 0 Å². The molecule has 2 bridgehead atoms. The first-order valence-corrected chi connectivity index (χ1v) is 9.98. The summed E-state index contributed by atoms with van der Waals surface area (Å²) in [7, 11) is 2.24. The number of hydrogen-bond donors (Lipinski definition) is 2. The number of aromatic hydroxyl groups is 1. The van der Waals surface area contributed by atoms with Gasteiger partial charge in [-0.3, -0.25) is 4.79 Å². The first-order valence-electron chi connectivity index (χ1n) is 9.98. The summed E-state index contributed by atoms with van der Waals surface area (Å²) in [6.45, 7) is 5.98. The van der Waals surface area contributed by atoms with E-state index in [4.69, 9.17) is 4.74 Å². The first-order chi connectivity index (χ1) is 12.7. The number of piperidine rings is 1. The summed E-state index contributed by atoms with van der Waals surface area (Å²) in [6.07, 6.45) is 3.86. The number of hydrogen-bond acceptors (Lipinski definition) is 4. The molecule has 2 aliphatic carbocycles. The van der Waals surface area contributed by atoms with Crippen molar-refractivity contribution in [2.45, 2.75) is 62.7 Å². The molecule has 5 atom stereocenters. The Morgan fingerprint density at radius 1 is 1.37 bits per heavy atom. The summed E-state index contributed by atoms with van der Waals surface area (Å²) in [5.74, 6) is 0.575. The van der Waals surface area contributed by atoms with Gasteiger partial charge in [0.15, 0.2) is 23.4 Å². The average Bonchev–Trinajstić information content (AvgIpc) is 2.98. The zero-order valence-electron chi connectivity index (χ0n) is 16.3. The summed E-state index contributed by atoms with van der Waals surface area (Å²) in [6, 6.07) is 3.65. The van der Waals surface area contributed by atoms with Crippen LogP contribution in [0, 0.1) is 0 Å². The number of ether oxygens (including phenoxy) is 1. The predicted octanol–water partition coefficient (Wildman–Crippen LogP) is 2.23. The number of Topliss-reactive ketones (excluding diaryl/α,β-unsaturated/α-hetero) is 1. The molecular weight excluding hydrogens is 342 g/mol. The maximum absolute atomic E-state index is 12.8. The molecule has 2 aliphatic heterocycles. The van der Waals surface area contributed by atoms with Crippen LogP contribution in [0.1, 0.15) is 44.2 Å². The molecule has 0 amide bonds. The molecule has 0 aromatic heterocycles. The number of carbonyl (C=O) groups is 1. The van der Waals surface area contributed by atoms with Crippen LogP contribution < -0.4 is 4.74 Å². The number of likely N-dealkylation sites (tertiary alicyclic amines) is 1. The van der Waals surface area contributed by atoms with Gasteiger partial charge < -0.3 is 19.4 Å². The van der Waals surface area contributed by atoms with Gasteiger partial charge in [0.05, 0.1) is 25.6 Å². The molecule has 2 N–H and O–H groups in total. The minimum absolute atomic E-state index is 0.0176. The van der Waals surface area contributed by atoms with Gasteiger partial charge in [0.1, 0.15) is 11.6 Å². The summed E-state index contributed by atoms with van der Waals surface area (Å²) >= 11 is 0. The Labute approximate surface area is 159 Å². The number of allylic oxidation sites excluding steroid dienone is 1. The molecule has 5 rings (SSSR count). The smallest absolute Gasteiger partial charge is 0.174 e. The fourth-order valence-corrected chi connectivity index (χ4v) is 6.44. The zero-order valence-corrected chi connectivity index (χ0v) is 16.3. The monoisotopic (exact) mass is 370 g/mol. The SMILES string of the molecule is CC(C)=CC[N+]1(C)CC[C@]23c4c5ccc(O)c4O[C@H]2C(=O)CC[C@@]3(O)[C@H]1C5. The number of phenols is 1. The Hall–Kier alpha value is -1.85. The molecule has 2 fully saturated rings. The topological polar surface area (TPSA) is 66.8 Å². The second kappa shape index (κ2) is 5.15. The van der Waals surface area contributed by atoms with Crippen molar-refractivity contribution in [3.8, 4) is 11.5 Å². The van der Waals surface area contributed by atoms with Crippen molar-refractivity contribution < 1.29 is 24.2 Å². The van der Waals surface area contributed by atoms with Gasteiger partial charge in [-0.2, -0.15) is 0 Å². The molecule has 5 heteroatoms. The van der Waals surface area contributed by atoms with Crippen molar-refractivity contribution >= 4 is 5.78 Å². The summed E-state index contributed by atoms with van der Waals surface area (Å²) < 4.78 is 6.85. The zero-order chi connectivity index (χ0) is 19.2. The largest absolute Gasteiger partial charge is 0.504 e. The van der Waals surface area contributed by atoms with Gasteiger partial charge in [-0.25, -0.2) is 0 Å². The van der Waals surface area contributed by atoms with E-state index in [2.05, 4.69) is 27.0 Å². The van der Waals surface area contributed by atoms with Gasteiger partial charge in [0.2, 0.25) is 0 Å². The Bertz CT molecular complexity index is 889. The highest BCUT2D eigenvalue weighted by Crippen LogP contribution is 2.65. The van der Waals surface area contributed by atoms with Crippen LogP contribution in [0.2, 0.25) is 0 Å². The molecule has 27 heavy (non-hydrogen) atoms. The van der Waals surface area contributed by atoms with Crippen LogP contribution in [0.4, 0.5) is 0 Å². The lowest BCUT2D eigenvalue weighted by atomic mass is 9.48. The van der Waals surface area contributed by atoms with Gasteiger partial charge in [-0.15, -0.1) is 0 Å². The normalized spacial score (nSPS) is 41.0. The van der Waals surface area contributed by atoms with Crippen LogP contribution in [0.25, 0.3) is 0 Å². The third kappa shape index (κ3) is 1.89. The number of carbonyl (C=O) groups excluding carboxylic acids is 1. The maximum Gasteiger partial charge on any atom is 0.174 e. The molecule has 1 saturated carbocycles. The van der Waals surface area contributed by atoms with E-state index >= 15 is 0 Å². The quantitative estimate of drug-likeness (QED) is 0.619. The number of ketones is 1. The van der Waals surface area contributed by atoms with Crippen LogP contribution in [0.15, 0.2) is 23.8 Å². The highest BCUT2D eigenvalue weighted by atomic mass is 16.5. The summed E-state index contributed by atoms with van der Waals surface area (Å²) in [4.78, 5) is 12.8. The molecular formula is C22H28NO4+. The number of quaternary nitrogens is 1. The Kier molecular flexibility index (Phi) is 3.29.